The Balaban J connectivity index is 1.43. The summed E-state index contributed by atoms with van der Waals surface area (Å²) in [5.41, 5.74) is 0.984. The molecule has 0 aliphatic heterocycles. The molecule has 0 spiro atoms. The maximum absolute atomic E-state index is 11.9. The molecule has 2 aromatic rings. The number of pyridine rings is 1. The molecule has 22 heavy (non-hydrogen) atoms. The van der Waals surface area contributed by atoms with Gasteiger partial charge in [0.2, 0.25) is 5.91 Å². The molecule has 0 unspecified atom stereocenters. The molecule has 2 heterocycles. The van der Waals surface area contributed by atoms with E-state index in [4.69, 9.17) is 0 Å². The summed E-state index contributed by atoms with van der Waals surface area (Å²) < 4.78 is 1.60. The molecule has 3 rings (SSSR count). The number of carbonyl (C=O) groups excluding carboxylic acids is 1. The van der Waals surface area contributed by atoms with Crippen molar-refractivity contribution in [1.29, 1.82) is 0 Å². The largest absolute Gasteiger partial charge is 0.352 e. The van der Waals surface area contributed by atoms with Crippen molar-refractivity contribution < 1.29 is 4.79 Å². The minimum atomic E-state index is 0.132. The minimum Gasteiger partial charge on any atom is -0.352 e. The summed E-state index contributed by atoms with van der Waals surface area (Å²) in [5, 5.41) is 6.99. The van der Waals surface area contributed by atoms with Gasteiger partial charge in [0, 0.05) is 19.2 Å². The number of amides is 1. The number of hydrogen-bond donors (Lipinski definition) is 1. The zero-order valence-electron chi connectivity index (χ0n) is 12.6. The van der Waals surface area contributed by atoms with E-state index in [1.54, 1.807) is 17.2 Å². The Bertz CT molecular complexity index is 588. The lowest BCUT2D eigenvalue weighted by atomic mass is 10.0. The van der Waals surface area contributed by atoms with Crippen molar-refractivity contribution in [3.63, 3.8) is 0 Å². The zero-order chi connectivity index (χ0) is 15.2. The second-order valence-corrected chi connectivity index (χ2v) is 5.83. The van der Waals surface area contributed by atoms with Gasteiger partial charge in [0.25, 0.3) is 0 Å². The van der Waals surface area contributed by atoms with E-state index in [1.165, 1.54) is 32.0 Å². The van der Waals surface area contributed by atoms with E-state index in [9.17, 15) is 4.79 Å². The normalized spacial score (nSPS) is 15.1. The van der Waals surface area contributed by atoms with Gasteiger partial charge in [-0.1, -0.05) is 31.7 Å². The van der Waals surface area contributed by atoms with Crippen molar-refractivity contribution >= 4 is 5.91 Å². The van der Waals surface area contributed by atoms with Crippen molar-refractivity contribution in [2.75, 3.05) is 0 Å². The van der Waals surface area contributed by atoms with Gasteiger partial charge >= 0.3 is 0 Å². The van der Waals surface area contributed by atoms with Gasteiger partial charge in [-0.25, -0.2) is 14.6 Å². The van der Waals surface area contributed by atoms with Crippen molar-refractivity contribution in [2.45, 2.75) is 45.1 Å². The lowest BCUT2D eigenvalue weighted by Crippen LogP contribution is -2.23. The average Bonchev–Trinajstić information content (AvgIpc) is 3.24. The van der Waals surface area contributed by atoms with Crippen molar-refractivity contribution in [3.05, 3.63) is 36.5 Å². The average molecular weight is 299 g/mol. The Hall–Kier alpha value is -2.24. The lowest BCUT2D eigenvalue weighted by molar-refractivity contribution is -0.121. The third-order valence-corrected chi connectivity index (χ3v) is 4.21. The quantitative estimate of drug-likeness (QED) is 0.888. The first-order valence-electron chi connectivity index (χ1n) is 7.88. The number of rotatable bonds is 6. The molecule has 1 aliphatic carbocycles. The van der Waals surface area contributed by atoms with E-state index in [0.29, 0.717) is 18.8 Å². The molecule has 6 nitrogen and oxygen atoms in total. The first-order chi connectivity index (χ1) is 10.8. The minimum absolute atomic E-state index is 0.132. The topological polar surface area (TPSA) is 72.7 Å². The van der Waals surface area contributed by atoms with Crippen LogP contribution >= 0.6 is 0 Å². The van der Waals surface area contributed by atoms with Crippen LogP contribution < -0.4 is 5.32 Å². The van der Waals surface area contributed by atoms with Crippen molar-refractivity contribution in [2.24, 2.45) is 5.92 Å². The first kappa shape index (κ1) is 14.7. The molecule has 0 radical (unpaired) electrons. The monoisotopic (exact) mass is 299 g/mol. The molecule has 1 fully saturated rings. The fourth-order valence-electron chi connectivity index (χ4n) is 2.91. The zero-order valence-corrected chi connectivity index (χ0v) is 12.6. The second-order valence-electron chi connectivity index (χ2n) is 5.83. The standard InChI is InChI=1S/C16H21N5O/c22-16(8-6-13-3-1-2-4-13)19-10-14-5-7-15(18-9-14)21-12-17-11-20-21/h5,7,9,11-13H,1-4,6,8,10H2,(H,19,22). The molecule has 1 N–H and O–H groups in total. The second kappa shape index (κ2) is 7.15. The predicted octanol–water partition coefficient (Wildman–Crippen LogP) is 2.25. The highest BCUT2D eigenvalue weighted by molar-refractivity contribution is 5.75. The van der Waals surface area contributed by atoms with Gasteiger partial charge in [0.15, 0.2) is 5.82 Å². The van der Waals surface area contributed by atoms with Gasteiger partial charge in [-0.15, -0.1) is 0 Å². The third kappa shape index (κ3) is 3.90. The van der Waals surface area contributed by atoms with Crippen LogP contribution in [0.1, 0.15) is 44.1 Å². The Morgan fingerprint density at radius 3 is 2.86 bits per heavy atom. The van der Waals surface area contributed by atoms with Crippen LogP contribution in [0.2, 0.25) is 0 Å². The Labute approximate surface area is 130 Å². The molecule has 2 aromatic heterocycles. The van der Waals surface area contributed by atoms with Crippen molar-refractivity contribution in [1.82, 2.24) is 25.1 Å². The van der Waals surface area contributed by atoms with Crippen LogP contribution in [0.3, 0.4) is 0 Å². The van der Waals surface area contributed by atoms with Gasteiger partial charge in [0.1, 0.15) is 12.7 Å². The first-order valence-corrected chi connectivity index (χ1v) is 7.88. The molecule has 0 aromatic carbocycles. The number of aromatic nitrogens is 4. The van der Waals surface area contributed by atoms with Crippen LogP contribution in [0.25, 0.3) is 5.82 Å². The molecule has 1 amide bonds. The van der Waals surface area contributed by atoms with E-state index < -0.39 is 0 Å². The number of carbonyl (C=O) groups is 1. The Morgan fingerprint density at radius 1 is 1.32 bits per heavy atom. The van der Waals surface area contributed by atoms with Crippen molar-refractivity contribution in [3.8, 4) is 5.82 Å². The SMILES string of the molecule is O=C(CCC1CCCC1)NCc1ccc(-n2cncn2)nc1. The summed E-state index contributed by atoms with van der Waals surface area (Å²) in [4.78, 5) is 20.1. The molecule has 6 heteroatoms. The molecule has 1 saturated carbocycles. The van der Waals surface area contributed by atoms with Crippen LogP contribution in [0, 0.1) is 5.92 Å². The van der Waals surface area contributed by atoms with E-state index in [-0.39, 0.29) is 5.91 Å². The van der Waals surface area contributed by atoms with Crippen LogP contribution in [0.5, 0.6) is 0 Å². The number of hydrogen-bond acceptors (Lipinski definition) is 4. The highest BCUT2D eigenvalue weighted by atomic mass is 16.1. The summed E-state index contributed by atoms with van der Waals surface area (Å²) in [5.74, 6) is 1.61. The summed E-state index contributed by atoms with van der Waals surface area (Å²) >= 11 is 0. The number of nitrogens with zero attached hydrogens (tertiary/aromatic N) is 4. The fraction of sp³-hybridized carbons (Fsp3) is 0.500. The van der Waals surface area contributed by atoms with E-state index in [0.717, 1.165) is 17.9 Å². The molecule has 0 saturated heterocycles. The van der Waals surface area contributed by atoms with Crippen LogP contribution in [0.4, 0.5) is 0 Å². The molecular weight excluding hydrogens is 278 g/mol. The Kier molecular flexibility index (Phi) is 4.78. The van der Waals surface area contributed by atoms with Gasteiger partial charge in [-0.05, 0) is 24.0 Å². The molecule has 0 bridgehead atoms. The summed E-state index contributed by atoms with van der Waals surface area (Å²) in [6.07, 6.45) is 11.7. The summed E-state index contributed by atoms with van der Waals surface area (Å²) in [6.45, 7) is 0.522. The Morgan fingerprint density at radius 2 is 2.18 bits per heavy atom. The van der Waals surface area contributed by atoms with Crippen LogP contribution in [0.15, 0.2) is 31.0 Å². The van der Waals surface area contributed by atoms with Gasteiger partial charge < -0.3 is 5.32 Å². The molecule has 116 valence electrons. The maximum Gasteiger partial charge on any atom is 0.220 e. The van der Waals surface area contributed by atoms with Gasteiger partial charge in [-0.2, -0.15) is 5.10 Å². The molecule has 0 atom stereocenters. The van der Waals surface area contributed by atoms with Crippen LogP contribution in [-0.2, 0) is 11.3 Å². The van der Waals surface area contributed by atoms with E-state index in [1.807, 2.05) is 12.1 Å². The lowest BCUT2D eigenvalue weighted by Gasteiger charge is -2.09. The number of nitrogens with one attached hydrogen (secondary N) is 1. The van der Waals surface area contributed by atoms with Gasteiger partial charge in [0.05, 0.1) is 0 Å². The smallest absolute Gasteiger partial charge is 0.220 e. The van der Waals surface area contributed by atoms with E-state index >= 15 is 0 Å². The van der Waals surface area contributed by atoms with E-state index in [2.05, 4.69) is 20.4 Å². The third-order valence-electron chi connectivity index (χ3n) is 4.21. The molecular formula is C16H21N5O. The summed E-state index contributed by atoms with van der Waals surface area (Å²) in [6, 6.07) is 3.82. The van der Waals surface area contributed by atoms with Gasteiger partial charge in [-0.3, -0.25) is 4.79 Å². The molecule has 1 aliphatic rings. The van der Waals surface area contributed by atoms with Crippen LogP contribution in [-0.4, -0.2) is 25.7 Å². The predicted molar refractivity (Wildman–Crippen MR) is 82.2 cm³/mol. The maximum atomic E-state index is 11.9. The highest BCUT2D eigenvalue weighted by Gasteiger charge is 2.15. The fourth-order valence-corrected chi connectivity index (χ4v) is 2.91. The summed E-state index contributed by atoms with van der Waals surface area (Å²) in [7, 11) is 0. The highest BCUT2D eigenvalue weighted by Crippen LogP contribution is 2.28.